The maximum absolute atomic E-state index is 12.9. The first kappa shape index (κ1) is 27.6. The van der Waals surface area contributed by atoms with Gasteiger partial charge in [-0.2, -0.15) is 0 Å². The summed E-state index contributed by atoms with van der Waals surface area (Å²) in [6, 6.07) is -1.18. The Morgan fingerprint density at radius 2 is 1.84 bits per heavy atom. The van der Waals surface area contributed by atoms with Crippen LogP contribution in [0.4, 0.5) is 0 Å². The van der Waals surface area contributed by atoms with Crippen LogP contribution in [0.15, 0.2) is 0 Å². The number of hydrogen-bond acceptors (Lipinski definition) is 8. The number of rotatable bonds is 11. The first-order chi connectivity index (χ1) is 14.3. The Morgan fingerprint density at radius 3 is 2.39 bits per heavy atom. The van der Waals surface area contributed by atoms with Crippen LogP contribution < -0.4 is 15.7 Å². The van der Waals surface area contributed by atoms with Gasteiger partial charge < -0.3 is 15.7 Å². The monoisotopic (exact) mass is 481 g/mol. The van der Waals surface area contributed by atoms with Crippen LogP contribution in [0.5, 0.6) is 0 Å². The number of hydrogen-bond donors (Lipinski definition) is 4. The maximum atomic E-state index is 12.9. The van der Waals surface area contributed by atoms with Crippen molar-refractivity contribution in [3.05, 3.63) is 0 Å². The summed E-state index contributed by atoms with van der Waals surface area (Å²) in [5, 5.41) is 16.9. The Bertz CT molecular complexity index is 731. The van der Waals surface area contributed by atoms with Gasteiger partial charge in [0.1, 0.15) is 6.04 Å². The van der Waals surface area contributed by atoms with E-state index in [9.17, 15) is 28.8 Å². The van der Waals surface area contributed by atoms with Crippen molar-refractivity contribution in [2.24, 2.45) is 11.3 Å². The van der Waals surface area contributed by atoms with Crippen molar-refractivity contribution in [3.63, 3.8) is 0 Å². The maximum Gasteiger partial charge on any atom is 0.407 e. The van der Waals surface area contributed by atoms with Crippen LogP contribution in [0.2, 0.25) is 0 Å². The van der Waals surface area contributed by atoms with Crippen LogP contribution in [0.1, 0.15) is 41.0 Å². The van der Waals surface area contributed by atoms with Gasteiger partial charge in [0.25, 0.3) is 0 Å². The molecule has 1 heterocycles. The second kappa shape index (κ2) is 12.0. The fourth-order valence-electron chi connectivity index (χ4n) is 2.63. The molecular weight excluding hydrogens is 449 g/mol. The Kier molecular flexibility index (Phi) is 10.6. The molecule has 178 valence electrons. The van der Waals surface area contributed by atoms with Crippen molar-refractivity contribution in [2.75, 3.05) is 25.4 Å². The van der Waals surface area contributed by atoms with E-state index in [1.54, 1.807) is 27.7 Å². The summed E-state index contributed by atoms with van der Waals surface area (Å²) in [4.78, 5) is 46.7. The molecular formula is C18H32N3O8PS. The average Bonchev–Trinajstić information content (AvgIpc) is 2.65. The van der Waals surface area contributed by atoms with Crippen molar-refractivity contribution in [3.8, 4) is 0 Å². The number of carboxylic acids is 1. The van der Waals surface area contributed by atoms with E-state index < -0.39 is 43.1 Å². The highest BCUT2D eigenvalue weighted by Gasteiger charge is 2.49. The molecule has 11 nitrogen and oxygen atoms in total. The fourth-order valence-corrected chi connectivity index (χ4v) is 5.23. The first-order valence-electron chi connectivity index (χ1n) is 9.89. The van der Waals surface area contributed by atoms with Gasteiger partial charge in [-0.15, -0.1) is 0 Å². The molecule has 0 aliphatic carbocycles. The molecule has 13 heteroatoms. The zero-order valence-corrected chi connectivity index (χ0v) is 20.1. The van der Waals surface area contributed by atoms with Crippen molar-refractivity contribution in [1.82, 2.24) is 15.7 Å². The molecule has 1 rings (SSSR count). The molecule has 4 N–H and O–H groups in total. The highest BCUT2D eigenvalue weighted by Crippen LogP contribution is 2.53. The minimum absolute atomic E-state index is 0.0183. The van der Waals surface area contributed by atoms with Gasteiger partial charge in [0.15, 0.2) is 11.2 Å². The minimum Gasteiger partial charge on any atom is -0.480 e. The molecule has 2 amide bonds. The predicted octanol–water partition coefficient (Wildman–Crippen LogP) is 1.14. The van der Waals surface area contributed by atoms with Crippen LogP contribution in [0.25, 0.3) is 0 Å². The predicted molar refractivity (Wildman–Crippen MR) is 115 cm³/mol. The molecule has 0 spiro atoms. The molecule has 0 aromatic rings. The van der Waals surface area contributed by atoms with Gasteiger partial charge in [-0.3, -0.25) is 28.2 Å². The molecule has 0 radical (unpaired) electrons. The summed E-state index contributed by atoms with van der Waals surface area (Å²) in [7, 11) is -4.05. The molecule has 0 saturated carbocycles. The van der Waals surface area contributed by atoms with Gasteiger partial charge in [-0.05, 0) is 5.92 Å². The van der Waals surface area contributed by atoms with Gasteiger partial charge in [0.2, 0.25) is 11.8 Å². The standard InChI is InChI=1S/C18H32N3O8PS/c1-11(2)14(17(25)26)21-30(27)28-10-18(4,5)15(29-30)16(24)20-7-6-13(23)19-8-9-31-12(3)22/h11,14-15H,6-10H2,1-5H3,(H,19,23)(H,20,24)(H,21,27)(H,25,26)/t14?,15-,30+/m0/s1. The molecule has 1 aliphatic rings. The lowest BCUT2D eigenvalue weighted by Crippen LogP contribution is -2.52. The third kappa shape index (κ3) is 9.28. The number of carbonyl (C=O) groups excluding carboxylic acids is 3. The van der Waals surface area contributed by atoms with E-state index in [4.69, 9.17) is 9.05 Å². The van der Waals surface area contributed by atoms with Crippen LogP contribution in [-0.4, -0.2) is 65.6 Å². The molecule has 1 saturated heterocycles. The minimum atomic E-state index is -4.05. The van der Waals surface area contributed by atoms with Crippen molar-refractivity contribution in [2.45, 2.75) is 53.2 Å². The second-order valence-corrected chi connectivity index (χ2v) is 11.2. The summed E-state index contributed by atoms with van der Waals surface area (Å²) in [5.41, 5.74) is -0.831. The van der Waals surface area contributed by atoms with E-state index in [1.807, 2.05) is 0 Å². The third-order valence-electron chi connectivity index (χ3n) is 4.41. The fraction of sp³-hybridized carbons (Fsp3) is 0.778. The Hall–Kier alpha value is -1.46. The van der Waals surface area contributed by atoms with E-state index in [2.05, 4.69) is 15.7 Å². The summed E-state index contributed by atoms with van der Waals surface area (Å²) in [5.74, 6) is -2.01. The zero-order valence-electron chi connectivity index (χ0n) is 18.4. The highest BCUT2D eigenvalue weighted by atomic mass is 32.2. The van der Waals surface area contributed by atoms with E-state index in [0.29, 0.717) is 12.3 Å². The van der Waals surface area contributed by atoms with Crippen LogP contribution >= 0.6 is 19.5 Å². The topological polar surface area (TPSA) is 160 Å². The highest BCUT2D eigenvalue weighted by molar-refractivity contribution is 8.13. The summed E-state index contributed by atoms with van der Waals surface area (Å²) >= 11 is 1.11. The molecule has 0 aromatic heterocycles. The van der Waals surface area contributed by atoms with Gasteiger partial charge >= 0.3 is 13.7 Å². The van der Waals surface area contributed by atoms with Gasteiger partial charge in [-0.25, -0.2) is 9.65 Å². The van der Waals surface area contributed by atoms with E-state index in [1.165, 1.54) is 6.92 Å². The third-order valence-corrected chi connectivity index (χ3v) is 6.78. The number of carboxylic acid groups (broad SMARTS) is 1. The molecule has 3 atom stereocenters. The molecule has 1 unspecified atom stereocenters. The van der Waals surface area contributed by atoms with E-state index in [0.717, 1.165) is 11.8 Å². The number of thioether (sulfide) groups is 1. The van der Waals surface area contributed by atoms with Gasteiger partial charge in [0, 0.05) is 37.6 Å². The Balaban J connectivity index is 2.62. The molecule has 1 aliphatic heterocycles. The smallest absolute Gasteiger partial charge is 0.407 e. The Morgan fingerprint density at radius 1 is 1.19 bits per heavy atom. The second-order valence-electron chi connectivity index (χ2n) is 8.16. The van der Waals surface area contributed by atoms with Gasteiger partial charge in [-0.1, -0.05) is 39.5 Å². The van der Waals surface area contributed by atoms with Crippen LogP contribution in [-0.2, 0) is 32.8 Å². The number of carbonyl (C=O) groups is 4. The van der Waals surface area contributed by atoms with E-state index in [-0.39, 0.29) is 30.6 Å². The van der Waals surface area contributed by atoms with E-state index >= 15 is 0 Å². The zero-order chi connectivity index (χ0) is 23.8. The van der Waals surface area contributed by atoms with Crippen LogP contribution in [0, 0.1) is 11.3 Å². The molecule has 31 heavy (non-hydrogen) atoms. The molecule has 0 bridgehead atoms. The summed E-state index contributed by atoms with van der Waals surface area (Å²) in [6.07, 6.45) is -1.15. The summed E-state index contributed by atoms with van der Waals surface area (Å²) < 4.78 is 23.7. The average molecular weight is 482 g/mol. The van der Waals surface area contributed by atoms with Crippen LogP contribution in [0.3, 0.4) is 0 Å². The molecule has 1 fully saturated rings. The van der Waals surface area contributed by atoms with Gasteiger partial charge in [0.05, 0.1) is 6.61 Å². The van der Waals surface area contributed by atoms with Crippen molar-refractivity contribution < 1.29 is 37.9 Å². The first-order valence-corrected chi connectivity index (χ1v) is 12.4. The SMILES string of the molecule is CC(=O)SCCNC(=O)CCNC(=O)[C@@H]1O[P@@](=O)(NC(C(=O)O)C(C)C)OCC1(C)C. The quantitative estimate of drug-likeness (QED) is 0.249. The summed E-state index contributed by atoms with van der Waals surface area (Å²) in [6.45, 7) is 8.38. The lowest BCUT2D eigenvalue weighted by atomic mass is 9.87. The Labute approximate surface area is 186 Å². The number of aliphatic carboxylic acids is 1. The lowest BCUT2D eigenvalue weighted by Gasteiger charge is -2.41. The van der Waals surface area contributed by atoms with Crippen molar-refractivity contribution in [1.29, 1.82) is 0 Å². The number of amides is 2. The van der Waals surface area contributed by atoms with Crippen molar-refractivity contribution >= 4 is 42.4 Å². The normalized spacial score (nSPS) is 23.7. The molecule has 0 aromatic carbocycles. The number of nitrogens with one attached hydrogen (secondary N) is 3. The lowest BCUT2D eigenvalue weighted by molar-refractivity contribution is -0.141. The largest absolute Gasteiger partial charge is 0.480 e.